The number of halogens is 1. The zero-order valence-electron chi connectivity index (χ0n) is 16.5. The minimum Gasteiger partial charge on any atom is -0.273 e. The third-order valence-corrected chi connectivity index (χ3v) is 5.99. The normalized spacial score (nSPS) is 22.3. The number of carbonyl (C=O) groups is 2. The summed E-state index contributed by atoms with van der Waals surface area (Å²) in [5.41, 5.74) is 1.26. The van der Waals surface area contributed by atoms with Gasteiger partial charge in [0.1, 0.15) is 5.92 Å². The van der Waals surface area contributed by atoms with Crippen molar-refractivity contribution in [3.05, 3.63) is 99.6 Å². The van der Waals surface area contributed by atoms with Crippen LogP contribution >= 0.6 is 11.6 Å². The standard InChI is InChI=1S/C23H16ClN3O5/c24-18-12-5-4-11-17(18)20-19-21(23(29)25(22(19)28)14-7-2-1-3-8-14)32-26(20)15-9-6-10-16(13-15)27(30)31/h1-13,19-21H/t19-,20+,21+/m1/s1. The molecule has 0 spiro atoms. The maximum atomic E-state index is 13.5. The first-order valence-electron chi connectivity index (χ1n) is 9.85. The summed E-state index contributed by atoms with van der Waals surface area (Å²) in [6.07, 6.45) is -1.08. The number of para-hydroxylation sites is 1. The predicted molar refractivity (Wildman–Crippen MR) is 117 cm³/mol. The van der Waals surface area contributed by atoms with E-state index in [0.717, 1.165) is 4.90 Å². The number of amides is 2. The Morgan fingerprint density at radius 2 is 1.56 bits per heavy atom. The molecule has 0 radical (unpaired) electrons. The van der Waals surface area contributed by atoms with Crippen LogP contribution in [0, 0.1) is 16.0 Å². The van der Waals surface area contributed by atoms with E-state index in [1.165, 1.54) is 23.3 Å². The smallest absolute Gasteiger partial charge is 0.271 e. The molecule has 2 heterocycles. The number of imide groups is 1. The van der Waals surface area contributed by atoms with E-state index in [4.69, 9.17) is 16.4 Å². The Morgan fingerprint density at radius 3 is 2.28 bits per heavy atom. The van der Waals surface area contributed by atoms with E-state index >= 15 is 0 Å². The van der Waals surface area contributed by atoms with Crippen LogP contribution in [-0.2, 0) is 14.4 Å². The molecule has 0 aromatic heterocycles. The molecule has 0 saturated carbocycles. The van der Waals surface area contributed by atoms with Gasteiger partial charge in [-0.15, -0.1) is 0 Å². The summed E-state index contributed by atoms with van der Waals surface area (Å²) in [7, 11) is 0. The molecule has 5 rings (SSSR count). The third kappa shape index (κ3) is 3.12. The van der Waals surface area contributed by atoms with Gasteiger partial charge in [-0.1, -0.05) is 54.1 Å². The molecule has 2 aliphatic rings. The van der Waals surface area contributed by atoms with Crippen LogP contribution in [0.25, 0.3) is 0 Å². The van der Waals surface area contributed by atoms with Gasteiger partial charge in [-0.2, -0.15) is 0 Å². The van der Waals surface area contributed by atoms with Crippen molar-refractivity contribution in [2.45, 2.75) is 12.1 Å². The average molecular weight is 450 g/mol. The summed E-state index contributed by atoms with van der Waals surface area (Å²) in [5.74, 6) is -1.78. The van der Waals surface area contributed by atoms with E-state index in [0.29, 0.717) is 22.0 Å². The average Bonchev–Trinajstić information content (AvgIpc) is 3.31. The number of nitro benzene ring substituents is 1. The van der Waals surface area contributed by atoms with E-state index < -0.39 is 34.8 Å². The second-order valence-corrected chi connectivity index (χ2v) is 7.88. The van der Waals surface area contributed by atoms with Gasteiger partial charge in [0, 0.05) is 17.2 Å². The summed E-state index contributed by atoms with van der Waals surface area (Å²) in [6.45, 7) is 0. The highest BCUT2D eigenvalue weighted by Crippen LogP contribution is 2.49. The van der Waals surface area contributed by atoms with Gasteiger partial charge in [0.15, 0.2) is 6.10 Å². The van der Waals surface area contributed by atoms with E-state index in [1.807, 2.05) is 0 Å². The quantitative estimate of drug-likeness (QED) is 0.335. The molecule has 3 atom stereocenters. The lowest BCUT2D eigenvalue weighted by molar-refractivity contribution is -0.384. The number of hydrogen-bond donors (Lipinski definition) is 0. The molecule has 2 fully saturated rings. The van der Waals surface area contributed by atoms with Crippen LogP contribution in [0.4, 0.5) is 17.1 Å². The van der Waals surface area contributed by atoms with Crippen LogP contribution < -0.4 is 9.96 Å². The van der Waals surface area contributed by atoms with Crippen molar-refractivity contribution in [3.8, 4) is 0 Å². The molecule has 3 aromatic carbocycles. The Labute approximate surface area is 187 Å². The highest BCUT2D eigenvalue weighted by Gasteiger charge is 2.60. The number of nitrogens with zero attached hydrogens (tertiary/aromatic N) is 3. The van der Waals surface area contributed by atoms with E-state index in [1.54, 1.807) is 60.7 Å². The molecule has 3 aromatic rings. The Balaban J connectivity index is 1.62. The Kier molecular flexibility index (Phi) is 4.88. The topological polar surface area (TPSA) is 93.0 Å². The summed E-state index contributed by atoms with van der Waals surface area (Å²) in [6, 6.07) is 20.7. The molecule has 32 heavy (non-hydrogen) atoms. The van der Waals surface area contributed by atoms with E-state index in [-0.39, 0.29) is 5.69 Å². The zero-order chi connectivity index (χ0) is 22.4. The van der Waals surface area contributed by atoms with Gasteiger partial charge in [0.05, 0.1) is 22.3 Å². The molecule has 9 heteroatoms. The van der Waals surface area contributed by atoms with Crippen molar-refractivity contribution >= 4 is 40.5 Å². The number of hydrogen-bond acceptors (Lipinski definition) is 6. The SMILES string of the molecule is O=C1[C@H]2[C@H](ON(c3cccc([N+](=O)[O-])c3)[C@H]2c2ccccc2Cl)C(=O)N1c1ccccc1. The summed E-state index contributed by atoms with van der Waals surface area (Å²) >= 11 is 6.47. The lowest BCUT2D eigenvalue weighted by Crippen LogP contribution is -2.37. The van der Waals surface area contributed by atoms with Crippen LogP contribution in [0.2, 0.25) is 5.02 Å². The maximum absolute atomic E-state index is 13.5. The number of rotatable bonds is 4. The van der Waals surface area contributed by atoms with Gasteiger partial charge in [0.25, 0.3) is 11.6 Å². The first kappa shape index (κ1) is 20.2. The van der Waals surface area contributed by atoms with Gasteiger partial charge in [-0.25, -0.2) is 9.96 Å². The highest BCUT2D eigenvalue weighted by atomic mass is 35.5. The second kappa shape index (κ2) is 7.74. The first-order chi connectivity index (χ1) is 15.5. The number of fused-ring (bicyclic) bond motifs is 1. The minimum atomic E-state index is -1.08. The fourth-order valence-electron chi connectivity index (χ4n) is 4.24. The molecule has 2 amide bonds. The third-order valence-electron chi connectivity index (χ3n) is 5.65. The first-order valence-corrected chi connectivity index (χ1v) is 10.2. The molecule has 0 bridgehead atoms. The Hall–Kier alpha value is -3.75. The monoisotopic (exact) mass is 449 g/mol. The fourth-order valence-corrected chi connectivity index (χ4v) is 4.49. The number of nitro groups is 1. The van der Waals surface area contributed by atoms with Crippen molar-refractivity contribution in [1.29, 1.82) is 0 Å². The number of carbonyl (C=O) groups excluding carboxylic acids is 2. The van der Waals surface area contributed by atoms with Crippen molar-refractivity contribution in [3.63, 3.8) is 0 Å². The lowest BCUT2D eigenvalue weighted by atomic mass is 9.90. The van der Waals surface area contributed by atoms with Crippen molar-refractivity contribution in [1.82, 2.24) is 0 Å². The van der Waals surface area contributed by atoms with Gasteiger partial charge >= 0.3 is 0 Å². The largest absolute Gasteiger partial charge is 0.273 e. The minimum absolute atomic E-state index is 0.135. The second-order valence-electron chi connectivity index (χ2n) is 7.47. The molecule has 8 nitrogen and oxygen atoms in total. The van der Waals surface area contributed by atoms with Crippen molar-refractivity contribution in [2.75, 3.05) is 9.96 Å². The molecule has 2 saturated heterocycles. The van der Waals surface area contributed by atoms with Crippen molar-refractivity contribution < 1.29 is 19.3 Å². The molecular weight excluding hydrogens is 434 g/mol. The number of hydroxylamine groups is 1. The molecule has 160 valence electrons. The summed E-state index contributed by atoms with van der Waals surface area (Å²) < 4.78 is 0. The zero-order valence-corrected chi connectivity index (χ0v) is 17.3. The summed E-state index contributed by atoms with van der Waals surface area (Å²) in [5, 5.41) is 13.1. The van der Waals surface area contributed by atoms with Crippen LogP contribution in [0.3, 0.4) is 0 Å². The molecule has 2 aliphatic heterocycles. The van der Waals surface area contributed by atoms with E-state index in [2.05, 4.69) is 0 Å². The Bertz CT molecular complexity index is 1240. The molecule has 0 N–H and O–H groups in total. The molecular formula is C23H16ClN3O5. The number of anilines is 2. The Morgan fingerprint density at radius 1 is 0.875 bits per heavy atom. The number of non-ortho nitro benzene ring substituents is 1. The van der Waals surface area contributed by atoms with Gasteiger partial charge in [-0.3, -0.25) is 24.5 Å². The molecule has 0 aliphatic carbocycles. The van der Waals surface area contributed by atoms with Gasteiger partial charge in [0.2, 0.25) is 5.91 Å². The molecule has 0 unspecified atom stereocenters. The summed E-state index contributed by atoms with van der Waals surface area (Å²) in [4.78, 5) is 44.6. The van der Waals surface area contributed by atoms with Crippen LogP contribution in [0.15, 0.2) is 78.9 Å². The van der Waals surface area contributed by atoms with Crippen LogP contribution in [0.5, 0.6) is 0 Å². The van der Waals surface area contributed by atoms with Gasteiger partial charge < -0.3 is 0 Å². The van der Waals surface area contributed by atoms with Crippen LogP contribution in [0.1, 0.15) is 11.6 Å². The fraction of sp³-hybridized carbons (Fsp3) is 0.130. The van der Waals surface area contributed by atoms with Crippen molar-refractivity contribution in [2.24, 2.45) is 5.92 Å². The van der Waals surface area contributed by atoms with Crippen LogP contribution in [-0.4, -0.2) is 22.8 Å². The van der Waals surface area contributed by atoms with E-state index in [9.17, 15) is 19.7 Å². The number of benzene rings is 3. The predicted octanol–water partition coefficient (Wildman–Crippen LogP) is 4.30. The van der Waals surface area contributed by atoms with Gasteiger partial charge in [-0.05, 0) is 29.8 Å². The lowest BCUT2D eigenvalue weighted by Gasteiger charge is -2.29. The maximum Gasteiger partial charge on any atom is 0.271 e. The highest BCUT2D eigenvalue weighted by molar-refractivity contribution is 6.31.